The number of alkyl halides is 2. The number of imidazole rings is 1. The smallest absolute Gasteiger partial charge is 0.387 e. The Labute approximate surface area is 167 Å². The van der Waals surface area contributed by atoms with Crippen LogP contribution >= 0.6 is 11.8 Å². The van der Waals surface area contributed by atoms with Gasteiger partial charge in [-0.2, -0.15) is 8.78 Å². The lowest BCUT2D eigenvalue weighted by atomic mass is 10.1. The van der Waals surface area contributed by atoms with E-state index >= 15 is 0 Å². The van der Waals surface area contributed by atoms with E-state index in [0.29, 0.717) is 22.1 Å². The number of ether oxygens (including phenoxy) is 1. The normalized spacial score (nSPS) is 10.9. The Hall–Kier alpha value is -3.47. The highest BCUT2D eigenvalue weighted by molar-refractivity contribution is 7.99. The molecule has 0 spiro atoms. The zero-order valence-electron chi connectivity index (χ0n) is 14.7. The Kier molecular flexibility index (Phi) is 6.07. The van der Waals surface area contributed by atoms with Crippen molar-refractivity contribution in [2.45, 2.75) is 11.8 Å². The van der Waals surface area contributed by atoms with Gasteiger partial charge in [0, 0.05) is 23.4 Å². The minimum Gasteiger partial charge on any atom is -0.435 e. The molecule has 150 valence electrons. The number of benzene rings is 2. The van der Waals surface area contributed by atoms with Gasteiger partial charge in [-0.3, -0.25) is 19.5 Å². The fraction of sp³-hybridized carbons (Fsp3) is 0.111. The summed E-state index contributed by atoms with van der Waals surface area (Å²) >= 11 is 1.08. The van der Waals surface area contributed by atoms with Gasteiger partial charge in [-0.05, 0) is 24.3 Å². The van der Waals surface area contributed by atoms with Crippen molar-refractivity contribution in [3.63, 3.8) is 0 Å². The van der Waals surface area contributed by atoms with Crippen molar-refractivity contribution in [3.8, 4) is 22.7 Å². The number of hydrogen-bond acceptors (Lipinski definition) is 6. The second-order valence-corrected chi connectivity index (χ2v) is 6.64. The topological polar surface area (TPSA) is 113 Å². The molecule has 1 amide bonds. The van der Waals surface area contributed by atoms with Crippen LogP contribution in [0, 0.1) is 10.1 Å². The summed E-state index contributed by atoms with van der Waals surface area (Å²) in [6.45, 7) is -2.95. The quantitative estimate of drug-likeness (QED) is 0.338. The lowest BCUT2D eigenvalue weighted by molar-refractivity contribution is -0.384. The lowest BCUT2D eigenvalue weighted by Gasteiger charge is -2.13. The van der Waals surface area contributed by atoms with Gasteiger partial charge >= 0.3 is 6.61 Å². The highest BCUT2D eigenvalue weighted by Gasteiger charge is 2.17. The molecule has 8 nitrogen and oxygen atoms in total. The van der Waals surface area contributed by atoms with E-state index in [0.717, 1.165) is 11.8 Å². The Morgan fingerprint density at radius 1 is 1.28 bits per heavy atom. The van der Waals surface area contributed by atoms with Gasteiger partial charge in [0.05, 0.1) is 22.6 Å². The fourth-order valence-corrected chi connectivity index (χ4v) is 3.31. The second-order valence-electron chi connectivity index (χ2n) is 5.70. The second kappa shape index (κ2) is 8.69. The maximum atomic E-state index is 12.4. The number of thioether (sulfide) groups is 1. The molecular weight excluding hydrogens is 406 g/mol. The average molecular weight is 420 g/mol. The SMILES string of the molecule is NC(=O)CSc1ncc(-c2cccc([N+](=O)[O-])c2)n1-c1ccc(OC(F)F)cc1. The molecule has 1 heterocycles. The Balaban J connectivity index is 2.07. The van der Waals surface area contributed by atoms with Gasteiger partial charge in [0.15, 0.2) is 5.16 Å². The number of hydrogen-bond donors (Lipinski definition) is 1. The van der Waals surface area contributed by atoms with Crippen LogP contribution in [0.2, 0.25) is 0 Å². The van der Waals surface area contributed by atoms with E-state index in [1.165, 1.54) is 42.6 Å². The van der Waals surface area contributed by atoms with Gasteiger partial charge in [0.2, 0.25) is 5.91 Å². The molecular formula is C18H14F2N4O4S. The lowest BCUT2D eigenvalue weighted by Crippen LogP contribution is -2.13. The maximum Gasteiger partial charge on any atom is 0.387 e. The highest BCUT2D eigenvalue weighted by Crippen LogP contribution is 2.32. The number of nitrogens with two attached hydrogens (primary N) is 1. The van der Waals surface area contributed by atoms with Gasteiger partial charge in [-0.1, -0.05) is 23.9 Å². The molecule has 11 heteroatoms. The highest BCUT2D eigenvalue weighted by atomic mass is 32.2. The third-order valence-corrected chi connectivity index (χ3v) is 4.72. The van der Waals surface area contributed by atoms with Crippen LogP contribution in [0.15, 0.2) is 59.9 Å². The van der Waals surface area contributed by atoms with Crippen LogP contribution < -0.4 is 10.5 Å². The Bertz CT molecular complexity index is 1040. The number of halogens is 2. The molecule has 0 bridgehead atoms. The minimum absolute atomic E-state index is 0.0212. The summed E-state index contributed by atoms with van der Waals surface area (Å²) in [5.74, 6) is -0.591. The fourth-order valence-electron chi connectivity index (χ4n) is 2.58. The van der Waals surface area contributed by atoms with Crippen molar-refractivity contribution in [2.75, 3.05) is 5.75 Å². The average Bonchev–Trinajstić information content (AvgIpc) is 3.10. The van der Waals surface area contributed by atoms with E-state index in [4.69, 9.17) is 5.73 Å². The first kappa shape index (κ1) is 20.3. The number of amides is 1. The molecule has 0 radical (unpaired) electrons. The van der Waals surface area contributed by atoms with Crippen molar-refractivity contribution in [2.24, 2.45) is 5.73 Å². The van der Waals surface area contributed by atoms with Crippen molar-refractivity contribution in [3.05, 3.63) is 64.8 Å². The molecule has 3 rings (SSSR count). The first-order valence-electron chi connectivity index (χ1n) is 8.14. The van der Waals surface area contributed by atoms with Crippen molar-refractivity contribution < 1.29 is 23.2 Å². The minimum atomic E-state index is -2.95. The summed E-state index contributed by atoms with van der Waals surface area (Å²) in [5.41, 5.74) is 6.69. The number of aromatic nitrogens is 2. The van der Waals surface area contributed by atoms with Crippen LogP contribution in [-0.2, 0) is 4.79 Å². The summed E-state index contributed by atoms with van der Waals surface area (Å²) in [4.78, 5) is 26.0. The Morgan fingerprint density at radius 3 is 2.62 bits per heavy atom. The van der Waals surface area contributed by atoms with E-state index < -0.39 is 17.4 Å². The molecule has 0 aliphatic carbocycles. The summed E-state index contributed by atoms with van der Waals surface area (Å²) < 4.78 is 30.8. The van der Waals surface area contributed by atoms with E-state index in [1.807, 2.05) is 0 Å². The first-order chi connectivity index (χ1) is 13.8. The molecule has 3 aromatic rings. The van der Waals surface area contributed by atoms with Gasteiger partial charge < -0.3 is 10.5 Å². The number of rotatable bonds is 8. The van der Waals surface area contributed by atoms with Gasteiger partial charge in [-0.25, -0.2) is 4.98 Å². The zero-order chi connectivity index (χ0) is 21.0. The van der Waals surface area contributed by atoms with Crippen molar-refractivity contribution in [1.29, 1.82) is 0 Å². The van der Waals surface area contributed by atoms with Gasteiger partial charge in [0.25, 0.3) is 5.69 Å². The van der Waals surface area contributed by atoms with E-state index in [-0.39, 0.29) is 17.2 Å². The molecule has 1 aromatic heterocycles. The summed E-state index contributed by atoms with van der Waals surface area (Å²) in [6.07, 6.45) is 1.51. The molecule has 0 saturated heterocycles. The van der Waals surface area contributed by atoms with E-state index in [1.54, 1.807) is 16.7 Å². The van der Waals surface area contributed by atoms with Crippen LogP contribution in [0.4, 0.5) is 14.5 Å². The zero-order valence-corrected chi connectivity index (χ0v) is 15.5. The molecule has 0 atom stereocenters. The molecule has 2 N–H and O–H groups in total. The molecule has 0 aliphatic heterocycles. The maximum absolute atomic E-state index is 12.4. The van der Waals surface area contributed by atoms with E-state index in [9.17, 15) is 23.7 Å². The van der Waals surface area contributed by atoms with Crippen LogP contribution in [0.1, 0.15) is 0 Å². The molecule has 0 saturated carbocycles. The van der Waals surface area contributed by atoms with Gasteiger partial charge in [0.1, 0.15) is 5.75 Å². The number of nitro groups is 1. The summed E-state index contributed by atoms with van der Waals surface area (Å²) in [6, 6.07) is 11.8. The predicted molar refractivity (Wildman–Crippen MR) is 102 cm³/mol. The van der Waals surface area contributed by atoms with Crippen LogP contribution in [0.5, 0.6) is 5.75 Å². The van der Waals surface area contributed by atoms with E-state index in [2.05, 4.69) is 9.72 Å². The third-order valence-electron chi connectivity index (χ3n) is 3.75. The predicted octanol–water partition coefficient (Wildman–Crippen LogP) is 3.63. The standard InChI is InChI=1S/C18H14F2N4O4S/c19-17(20)28-14-6-4-12(5-7-14)23-15(9-22-18(23)29-10-16(21)25)11-2-1-3-13(8-11)24(26)27/h1-9,17H,10H2,(H2,21,25). The largest absolute Gasteiger partial charge is 0.435 e. The summed E-state index contributed by atoms with van der Waals surface area (Å²) in [7, 11) is 0. The number of carbonyl (C=O) groups excluding carboxylic acids is 1. The van der Waals surface area contributed by atoms with Crippen molar-refractivity contribution >= 4 is 23.4 Å². The monoisotopic (exact) mass is 420 g/mol. The molecule has 29 heavy (non-hydrogen) atoms. The van der Waals surface area contributed by atoms with Crippen molar-refractivity contribution in [1.82, 2.24) is 9.55 Å². The number of nitro benzene ring substituents is 1. The molecule has 0 unspecified atom stereocenters. The summed E-state index contributed by atoms with van der Waals surface area (Å²) in [5, 5.41) is 11.5. The third kappa shape index (κ3) is 4.88. The Morgan fingerprint density at radius 2 is 2.00 bits per heavy atom. The van der Waals surface area contributed by atoms with Crippen LogP contribution in [0.25, 0.3) is 16.9 Å². The number of non-ortho nitro benzene ring substituents is 1. The first-order valence-corrected chi connectivity index (χ1v) is 9.12. The number of nitrogens with zero attached hydrogens (tertiary/aromatic N) is 3. The number of primary amides is 1. The number of carbonyl (C=O) groups is 1. The molecule has 0 fully saturated rings. The van der Waals surface area contributed by atoms with Gasteiger partial charge in [-0.15, -0.1) is 0 Å². The van der Waals surface area contributed by atoms with Crippen LogP contribution in [0.3, 0.4) is 0 Å². The molecule has 0 aliphatic rings. The molecule has 2 aromatic carbocycles. The van der Waals surface area contributed by atoms with Crippen LogP contribution in [-0.4, -0.2) is 32.7 Å².